The van der Waals surface area contributed by atoms with E-state index in [9.17, 15) is 19.7 Å². The smallest absolute Gasteiger partial charge is 0.282 e. The number of carbonyl (C=O) groups is 2. The van der Waals surface area contributed by atoms with Gasteiger partial charge in [-0.25, -0.2) is 0 Å². The van der Waals surface area contributed by atoms with Crippen LogP contribution in [0, 0.1) is 10.1 Å². The van der Waals surface area contributed by atoms with Crippen molar-refractivity contribution in [1.29, 1.82) is 0 Å². The summed E-state index contributed by atoms with van der Waals surface area (Å²) in [5, 5.41) is 16.4. The number of hydrogen-bond donors (Lipinski definition) is 2. The highest BCUT2D eigenvalue weighted by Crippen LogP contribution is 2.24. The summed E-state index contributed by atoms with van der Waals surface area (Å²) in [5.74, 6) is -0.413. The summed E-state index contributed by atoms with van der Waals surface area (Å²) in [6.07, 6.45) is 0. The molecule has 0 radical (unpaired) electrons. The van der Waals surface area contributed by atoms with Gasteiger partial charge in [0.2, 0.25) is 0 Å². The number of nitro groups is 1. The van der Waals surface area contributed by atoms with Crippen molar-refractivity contribution in [2.45, 2.75) is 0 Å². The fourth-order valence-corrected chi connectivity index (χ4v) is 2.67. The van der Waals surface area contributed by atoms with Gasteiger partial charge >= 0.3 is 0 Å². The van der Waals surface area contributed by atoms with E-state index in [-0.39, 0.29) is 17.2 Å². The van der Waals surface area contributed by atoms with Crippen molar-refractivity contribution in [2.24, 2.45) is 0 Å². The zero-order valence-corrected chi connectivity index (χ0v) is 15.4. The van der Waals surface area contributed by atoms with Crippen LogP contribution < -0.4 is 15.4 Å². The van der Waals surface area contributed by atoms with Gasteiger partial charge in [0.1, 0.15) is 11.3 Å². The van der Waals surface area contributed by atoms with Crippen molar-refractivity contribution in [3.8, 4) is 5.75 Å². The average Bonchev–Trinajstić information content (AvgIpc) is 2.74. The minimum absolute atomic E-state index is 0.0458. The summed E-state index contributed by atoms with van der Waals surface area (Å²) in [6, 6.07) is 18.9. The first-order valence-electron chi connectivity index (χ1n) is 8.59. The number of nitro benzene ring substituents is 1. The van der Waals surface area contributed by atoms with E-state index in [1.165, 1.54) is 25.3 Å². The van der Waals surface area contributed by atoms with Crippen LogP contribution in [0.1, 0.15) is 20.7 Å². The minimum Gasteiger partial charge on any atom is -0.495 e. The molecule has 3 aromatic rings. The molecule has 0 aliphatic carbocycles. The number of anilines is 2. The molecule has 0 aliphatic heterocycles. The van der Waals surface area contributed by atoms with Gasteiger partial charge in [-0.05, 0) is 42.5 Å². The molecule has 3 rings (SSSR count). The molecule has 0 aliphatic rings. The fourth-order valence-electron chi connectivity index (χ4n) is 2.67. The van der Waals surface area contributed by atoms with Crippen LogP contribution in [0.25, 0.3) is 0 Å². The van der Waals surface area contributed by atoms with Gasteiger partial charge in [-0.15, -0.1) is 0 Å². The number of para-hydroxylation sites is 3. The topological polar surface area (TPSA) is 111 Å². The molecule has 3 aromatic carbocycles. The third kappa shape index (κ3) is 4.56. The van der Waals surface area contributed by atoms with E-state index < -0.39 is 10.8 Å². The lowest BCUT2D eigenvalue weighted by atomic mass is 10.1. The van der Waals surface area contributed by atoms with Crippen LogP contribution in [0.2, 0.25) is 0 Å². The normalized spacial score (nSPS) is 10.1. The summed E-state index contributed by atoms with van der Waals surface area (Å²) >= 11 is 0. The van der Waals surface area contributed by atoms with E-state index >= 15 is 0 Å². The Kier molecular flexibility index (Phi) is 5.84. The highest BCUT2D eigenvalue weighted by Gasteiger charge is 2.19. The van der Waals surface area contributed by atoms with Gasteiger partial charge in [-0.3, -0.25) is 19.7 Å². The van der Waals surface area contributed by atoms with Crippen LogP contribution in [-0.2, 0) is 0 Å². The molecule has 146 valence electrons. The second-order valence-corrected chi connectivity index (χ2v) is 5.96. The van der Waals surface area contributed by atoms with Crippen LogP contribution in [0.5, 0.6) is 5.75 Å². The second-order valence-electron chi connectivity index (χ2n) is 5.96. The van der Waals surface area contributed by atoms with Crippen LogP contribution >= 0.6 is 0 Å². The first kappa shape index (κ1) is 19.6. The monoisotopic (exact) mass is 391 g/mol. The maximum Gasteiger partial charge on any atom is 0.282 e. The third-order valence-corrected chi connectivity index (χ3v) is 4.11. The average molecular weight is 391 g/mol. The molecular formula is C21H17N3O5. The Bertz CT molecular complexity index is 1060. The molecule has 0 bridgehead atoms. The van der Waals surface area contributed by atoms with Crippen molar-refractivity contribution in [3.05, 3.63) is 94.0 Å². The molecular weight excluding hydrogens is 374 g/mol. The maximum absolute atomic E-state index is 12.4. The summed E-state index contributed by atoms with van der Waals surface area (Å²) in [6.45, 7) is 0. The first-order chi connectivity index (χ1) is 14.0. The maximum atomic E-state index is 12.4. The van der Waals surface area contributed by atoms with Gasteiger partial charge in [-0.1, -0.05) is 24.3 Å². The minimum atomic E-state index is -0.611. The lowest BCUT2D eigenvalue weighted by Gasteiger charge is -2.10. The predicted molar refractivity (Wildman–Crippen MR) is 108 cm³/mol. The molecule has 0 saturated carbocycles. The van der Waals surface area contributed by atoms with Gasteiger partial charge in [0, 0.05) is 17.3 Å². The molecule has 8 heteroatoms. The van der Waals surface area contributed by atoms with E-state index in [1.807, 2.05) is 0 Å². The number of carbonyl (C=O) groups excluding carboxylic acids is 2. The lowest BCUT2D eigenvalue weighted by Crippen LogP contribution is -2.15. The predicted octanol–water partition coefficient (Wildman–Crippen LogP) is 4.11. The number of nitrogens with zero attached hydrogens (tertiary/aromatic N) is 1. The van der Waals surface area contributed by atoms with Gasteiger partial charge in [0.15, 0.2) is 0 Å². The van der Waals surface area contributed by atoms with Gasteiger partial charge in [-0.2, -0.15) is 0 Å². The van der Waals surface area contributed by atoms with Crippen molar-refractivity contribution in [2.75, 3.05) is 17.7 Å². The van der Waals surface area contributed by atoms with Crippen LogP contribution in [-0.4, -0.2) is 23.8 Å². The highest BCUT2D eigenvalue weighted by atomic mass is 16.6. The van der Waals surface area contributed by atoms with E-state index in [4.69, 9.17) is 4.74 Å². The molecule has 0 spiro atoms. The number of nitrogens with one attached hydrogen (secondary N) is 2. The van der Waals surface area contributed by atoms with E-state index in [1.54, 1.807) is 54.6 Å². The molecule has 2 amide bonds. The van der Waals surface area contributed by atoms with Crippen LogP contribution in [0.4, 0.5) is 17.1 Å². The number of rotatable bonds is 6. The van der Waals surface area contributed by atoms with Crippen molar-refractivity contribution < 1.29 is 19.2 Å². The van der Waals surface area contributed by atoms with Crippen molar-refractivity contribution in [1.82, 2.24) is 0 Å². The zero-order valence-electron chi connectivity index (χ0n) is 15.4. The molecule has 8 nitrogen and oxygen atoms in total. The Morgan fingerprint density at radius 1 is 0.862 bits per heavy atom. The molecule has 0 fully saturated rings. The largest absolute Gasteiger partial charge is 0.495 e. The van der Waals surface area contributed by atoms with Crippen LogP contribution in [0.3, 0.4) is 0 Å². The Morgan fingerprint density at radius 3 is 2.21 bits per heavy atom. The van der Waals surface area contributed by atoms with Crippen LogP contribution in [0.15, 0.2) is 72.8 Å². The molecule has 29 heavy (non-hydrogen) atoms. The Morgan fingerprint density at radius 2 is 1.52 bits per heavy atom. The first-order valence-corrected chi connectivity index (χ1v) is 8.59. The molecule has 0 heterocycles. The molecule has 0 unspecified atom stereocenters. The summed E-state index contributed by atoms with van der Waals surface area (Å²) in [5.41, 5.74) is 0.989. The summed E-state index contributed by atoms with van der Waals surface area (Å²) < 4.78 is 5.20. The molecule has 0 atom stereocenters. The lowest BCUT2D eigenvalue weighted by molar-refractivity contribution is -0.385. The quantitative estimate of drug-likeness (QED) is 0.485. The SMILES string of the molecule is COc1ccccc1NC(=O)c1ccc(NC(=O)c2ccccc2[N+](=O)[O-])cc1. The molecule has 0 aromatic heterocycles. The number of methoxy groups -OCH3 is 1. The fraction of sp³-hybridized carbons (Fsp3) is 0.0476. The number of hydrogen-bond acceptors (Lipinski definition) is 5. The van der Waals surface area contributed by atoms with Gasteiger partial charge < -0.3 is 15.4 Å². The van der Waals surface area contributed by atoms with Crippen molar-refractivity contribution >= 4 is 28.9 Å². The molecule has 2 N–H and O–H groups in total. The third-order valence-electron chi connectivity index (χ3n) is 4.11. The Labute approximate surface area is 166 Å². The standard InChI is InChI=1S/C21H17N3O5/c1-29-19-9-5-3-7-17(19)23-20(25)14-10-12-15(13-11-14)22-21(26)16-6-2-4-8-18(16)24(27)28/h2-13H,1H3,(H,22,26)(H,23,25). The van der Waals surface area contributed by atoms with E-state index in [2.05, 4.69) is 10.6 Å². The highest BCUT2D eigenvalue weighted by molar-refractivity contribution is 6.08. The zero-order chi connectivity index (χ0) is 20.8. The van der Waals surface area contributed by atoms with E-state index in [0.717, 1.165) is 0 Å². The number of benzene rings is 3. The second kappa shape index (κ2) is 8.66. The summed E-state index contributed by atoms with van der Waals surface area (Å²) in [4.78, 5) is 35.2. The van der Waals surface area contributed by atoms with Gasteiger partial charge in [0.25, 0.3) is 17.5 Å². The summed E-state index contributed by atoms with van der Waals surface area (Å²) in [7, 11) is 1.51. The Balaban J connectivity index is 1.71. The number of ether oxygens (including phenoxy) is 1. The molecule has 0 saturated heterocycles. The van der Waals surface area contributed by atoms with Crippen molar-refractivity contribution in [3.63, 3.8) is 0 Å². The van der Waals surface area contributed by atoms with Gasteiger partial charge in [0.05, 0.1) is 17.7 Å². The van der Waals surface area contributed by atoms with E-state index in [0.29, 0.717) is 22.7 Å². The Hall–Kier alpha value is -4.20. The number of amides is 2.